The van der Waals surface area contributed by atoms with Crippen molar-refractivity contribution in [2.45, 2.75) is 19.7 Å². The average Bonchev–Trinajstić information content (AvgIpc) is 3.01. The van der Waals surface area contributed by atoms with Crippen LogP contribution in [0.1, 0.15) is 27.4 Å². The molecule has 8 heteroatoms. The van der Waals surface area contributed by atoms with Crippen LogP contribution in [0.25, 0.3) is 0 Å². The lowest BCUT2D eigenvalue weighted by atomic mass is 10.1. The van der Waals surface area contributed by atoms with E-state index in [0.29, 0.717) is 17.1 Å². The number of hydrogen-bond donors (Lipinski definition) is 1. The van der Waals surface area contributed by atoms with Crippen molar-refractivity contribution in [1.82, 2.24) is 5.16 Å². The van der Waals surface area contributed by atoms with Gasteiger partial charge in [0.15, 0.2) is 5.69 Å². The van der Waals surface area contributed by atoms with E-state index in [1.807, 2.05) is 18.2 Å². The van der Waals surface area contributed by atoms with Crippen molar-refractivity contribution in [1.29, 1.82) is 0 Å². The Kier molecular flexibility index (Phi) is 5.16. The van der Waals surface area contributed by atoms with Crippen LogP contribution in [0, 0.1) is 6.92 Å². The maximum absolute atomic E-state index is 12.6. The van der Waals surface area contributed by atoms with E-state index in [4.69, 9.17) is 9.26 Å². The number of ether oxygens (including phenoxy) is 1. The highest BCUT2D eigenvalue weighted by atomic mass is 19.4. The summed E-state index contributed by atoms with van der Waals surface area (Å²) in [5.74, 6) is 0.439. The highest BCUT2D eigenvalue weighted by Crippen LogP contribution is 2.30. The predicted molar refractivity (Wildman–Crippen MR) is 91.4 cm³/mol. The third kappa shape index (κ3) is 4.46. The van der Waals surface area contributed by atoms with Gasteiger partial charge < -0.3 is 14.6 Å². The molecule has 0 unspecified atom stereocenters. The number of hydrogen-bond acceptors (Lipinski definition) is 4. The first-order chi connectivity index (χ1) is 12.8. The predicted octanol–water partition coefficient (Wildman–Crippen LogP) is 4.83. The highest BCUT2D eigenvalue weighted by molar-refractivity contribution is 6.03. The van der Waals surface area contributed by atoms with Crippen LogP contribution in [0.2, 0.25) is 0 Å². The Morgan fingerprint density at radius 1 is 1.11 bits per heavy atom. The zero-order chi connectivity index (χ0) is 19.4. The third-order valence-corrected chi connectivity index (χ3v) is 3.80. The molecule has 0 saturated heterocycles. The van der Waals surface area contributed by atoms with E-state index < -0.39 is 17.6 Å². The Morgan fingerprint density at radius 2 is 1.78 bits per heavy atom. The standard InChI is InChI=1S/C19H15F3N2O3/c1-12-16(11-26-15-5-3-2-4-6-15)17(24-27-12)18(25)23-14-9-7-13(8-10-14)19(20,21)22/h2-10H,11H2,1H3,(H,23,25). The van der Waals surface area contributed by atoms with E-state index in [-0.39, 0.29) is 18.0 Å². The molecule has 3 rings (SSSR count). The topological polar surface area (TPSA) is 64.4 Å². The molecule has 0 aliphatic heterocycles. The first-order valence-corrected chi connectivity index (χ1v) is 7.96. The zero-order valence-electron chi connectivity index (χ0n) is 14.2. The number of anilines is 1. The van der Waals surface area contributed by atoms with Gasteiger partial charge in [-0.25, -0.2) is 0 Å². The summed E-state index contributed by atoms with van der Waals surface area (Å²) in [5, 5.41) is 6.24. The minimum Gasteiger partial charge on any atom is -0.489 e. The van der Waals surface area contributed by atoms with Crippen molar-refractivity contribution in [2.75, 3.05) is 5.32 Å². The van der Waals surface area contributed by atoms with Crippen molar-refractivity contribution in [3.8, 4) is 5.75 Å². The number of para-hydroxylation sites is 1. The monoisotopic (exact) mass is 376 g/mol. The van der Waals surface area contributed by atoms with Gasteiger partial charge in [-0.15, -0.1) is 0 Å². The molecule has 0 saturated carbocycles. The highest BCUT2D eigenvalue weighted by Gasteiger charge is 2.30. The second-order valence-corrected chi connectivity index (χ2v) is 5.70. The average molecular weight is 376 g/mol. The molecular weight excluding hydrogens is 361 g/mol. The second-order valence-electron chi connectivity index (χ2n) is 5.70. The number of rotatable bonds is 5. The maximum atomic E-state index is 12.6. The van der Waals surface area contributed by atoms with Crippen LogP contribution in [0.5, 0.6) is 5.75 Å². The summed E-state index contributed by atoms with van der Waals surface area (Å²) < 4.78 is 48.5. The number of aromatic nitrogens is 1. The molecule has 1 heterocycles. The van der Waals surface area contributed by atoms with Crippen LogP contribution in [0.3, 0.4) is 0 Å². The number of benzene rings is 2. The van der Waals surface area contributed by atoms with Crippen LogP contribution >= 0.6 is 0 Å². The molecule has 0 atom stereocenters. The first-order valence-electron chi connectivity index (χ1n) is 7.96. The minimum absolute atomic E-state index is 0.0170. The summed E-state index contributed by atoms with van der Waals surface area (Å²) >= 11 is 0. The molecule has 0 spiro atoms. The molecule has 3 aromatic rings. The Labute approximate surface area is 152 Å². The van der Waals surface area contributed by atoms with Gasteiger partial charge in [-0.3, -0.25) is 4.79 Å². The van der Waals surface area contributed by atoms with E-state index in [1.165, 1.54) is 12.1 Å². The minimum atomic E-state index is -4.44. The normalized spacial score (nSPS) is 11.3. The van der Waals surface area contributed by atoms with Crippen LogP contribution in [0.4, 0.5) is 18.9 Å². The third-order valence-electron chi connectivity index (χ3n) is 3.80. The maximum Gasteiger partial charge on any atom is 0.416 e. The van der Waals surface area contributed by atoms with Gasteiger partial charge in [0.05, 0.1) is 11.1 Å². The van der Waals surface area contributed by atoms with Gasteiger partial charge in [0.25, 0.3) is 5.91 Å². The summed E-state index contributed by atoms with van der Waals surface area (Å²) in [6.45, 7) is 1.71. The zero-order valence-corrected chi connectivity index (χ0v) is 14.2. The van der Waals surface area contributed by atoms with Crippen LogP contribution < -0.4 is 10.1 Å². The summed E-state index contributed by atoms with van der Waals surface area (Å²) in [5.41, 5.74) is -0.107. The molecule has 1 amide bonds. The molecule has 140 valence electrons. The van der Waals surface area contributed by atoms with Crippen LogP contribution in [0.15, 0.2) is 59.1 Å². The molecule has 0 bridgehead atoms. The van der Waals surface area contributed by atoms with Crippen molar-refractivity contribution >= 4 is 11.6 Å². The summed E-state index contributed by atoms with van der Waals surface area (Å²) in [4.78, 5) is 12.4. The molecule has 27 heavy (non-hydrogen) atoms. The van der Waals surface area contributed by atoms with Gasteiger partial charge in [0, 0.05) is 5.69 Å². The molecule has 0 radical (unpaired) electrons. The number of halogens is 3. The SMILES string of the molecule is Cc1onc(C(=O)Nc2ccc(C(F)(F)F)cc2)c1COc1ccccc1. The quantitative estimate of drug-likeness (QED) is 0.693. The lowest BCUT2D eigenvalue weighted by Gasteiger charge is -2.09. The number of nitrogens with zero attached hydrogens (tertiary/aromatic N) is 1. The Hall–Kier alpha value is -3.29. The summed E-state index contributed by atoms with van der Waals surface area (Å²) in [6, 6.07) is 13.1. The summed E-state index contributed by atoms with van der Waals surface area (Å²) in [7, 11) is 0. The largest absolute Gasteiger partial charge is 0.489 e. The number of carbonyl (C=O) groups is 1. The molecule has 0 fully saturated rings. The summed E-state index contributed by atoms with van der Waals surface area (Å²) in [6.07, 6.45) is -4.44. The van der Waals surface area contributed by atoms with E-state index in [0.717, 1.165) is 12.1 Å². The Bertz CT molecular complexity index is 920. The molecule has 1 N–H and O–H groups in total. The van der Waals surface area contributed by atoms with Gasteiger partial charge >= 0.3 is 6.18 Å². The molecule has 1 aromatic heterocycles. The molecule has 5 nitrogen and oxygen atoms in total. The van der Waals surface area contributed by atoms with Crippen molar-refractivity contribution < 1.29 is 27.2 Å². The lowest BCUT2D eigenvalue weighted by Crippen LogP contribution is -2.15. The van der Waals surface area contributed by atoms with Gasteiger partial charge in [-0.1, -0.05) is 23.4 Å². The van der Waals surface area contributed by atoms with Gasteiger partial charge in [0.2, 0.25) is 0 Å². The number of aryl methyl sites for hydroxylation is 1. The molecule has 0 aliphatic rings. The van der Waals surface area contributed by atoms with Crippen molar-refractivity contribution in [3.63, 3.8) is 0 Å². The van der Waals surface area contributed by atoms with E-state index in [2.05, 4.69) is 10.5 Å². The molecule has 0 aliphatic carbocycles. The van der Waals surface area contributed by atoms with Crippen molar-refractivity contribution in [3.05, 3.63) is 77.2 Å². The van der Waals surface area contributed by atoms with Crippen LogP contribution in [-0.4, -0.2) is 11.1 Å². The fraction of sp³-hybridized carbons (Fsp3) is 0.158. The first kappa shape index (κ1) is 18.5. The van der Waals surface area contributed by atoms with Gasteiger partial charge in [0.1, 0.15) is 18.1 Å². The number of carbonyl (C=O) groups excluding carboxylic acids is 1. The number of nitrogens with one attached hydrogen (secondary N) is 1. The Balaban J connectivity index is 1.72. The van der Waals surface area contributed by atoms with E-state index >= 15 is 0 Å². The fourth-order valence-corrected chi connectivity index (χ4v) is 2.34. The molecule has 2 aromatic carbocycles. The van der Waals surface area contributed by atoms with E-state index in [9.17, 15) is 18.0 Å². The molecular formula is C19H15F3N2O3. The second kappa shape index (κ2) is 7.53. The van der Waals surface area contributed by atoms with Gasteiger partial charge in [-0.05, 0) is 43.3 Å². The number of amides is 1. The smallest absolute Gasteiger partial charge is 0.416 e. The Morgan fingerprint density at radius 3 is 2.41 bits per heavy atom. The van der Waals surface area contributed by atoms with Crippen molar-refractivity contribution in [2.24, 2.45) is 0 Å². The van der Waals surface area contributed by atoms with E-state index in [1.54, 1.807) is 19.1 Å². The fourth-order valence-electron chi connectivity index (χ4n) is 2.34. The van der Waals surface area contributed by atoms with Crippen LogP contribution in [-0.2, 0) is 12.8 Å². The van der Waals surface area contributed by atoms with Gasteiger partial charge in [-0.2, -0.15) is 13.2 Å². The lowest BCUT2D eigenvalue weighted by molar-refractivity contribution is -0.137. The number of alkyl halides is 3.